The van der Waals surface area contributed by atoms with E-state index in [9.17, 15) is 18.0 Å². The average Bonchev–Trinajstić information content (AvgIpc) is 3.18. The molecule has 0 aliphatic carbocycles. The minimum absolute atomic E-state index is 0.00427. The molecule has 27 heavy (non-hydrogen) atoms. The Balaban J connectivity index is 1.76. The van der Waals surface area contributed by atoms with Crippen LogP contribution >= 0.6 is 23.1 Å². The summed E-state index contributed by atoms with van der Waals surface area (Å²) < 4.78 is 39.9. The number of rotatable bonds is 6. The first-order chi connectivity index (χ1) is 12.8. The fourth-order valence-electron chi connectivity index (χ4n) is 2.13. The first-order valence-corrected chi connectivity index (χ1v) is 9.43. The molecule has 142 valence electrons. The van der Waals surface area contributed by atoms with Gasteiger partial charge in [0.25, 0.3) is 0 Å². The lowest BCUT2D eigenvalue weighted by atomic mass is 10.2. The summed E-state index contributed by atoms with van der Waals surface area (Å²) in [6.07, 6.45) is -1.55. The maximum absolute atomic E-state index is 13.0. The van der Waals surface area contributed by atoms with Crippen molar-refractivity contribution in [3.05, 3.63) is 35.6 Å². The molecule has 0 spiro atoms. The van der Waals surface area contributed by atoms with E-state index in [4.69, 9.17) is 0 Å². The van der Waals surface area contributed by atoms with Gasteiger partial charge in [-0.2, -0.15) is 13.2 Å². The number of halogens is 3. The molecule has 0 bridgehead atoms. The van der Waals surface area contributed by atoms with Gasteiger partial charge in [0.05, 0.1) is 11.4 Å². The lowest BCUT2D eigenvalue weighted by molar-refractivity contribution is -0.141. The summed E-state index contributed by atoms with van der Waals surface area (Å²) in [5.41, 5.74) is 1.23. The largest absolute Gasteiger partial charge is 0.406 e. The van der Waals surface area contributed by atoms with E-state index in [1.165, 1.54) is 23.7 Å². The standard InChI is InChI=1S/C15H13F3N6OS2/c1-9-6-26-13(20-9)21-11(25)7-27-14-23-22-12(10-2-4-19-5-3-10)24(14)8-15(16,17)18/h2-6H,7-8H2,1H3,(H,20,21,25). The minimum Gasteiger partial charge on any atom is -0.301 e. The number of alkyl halides is 3. The van der Waals surface area contributed by atoms with Gasteiger partial charge in [0.15, 0.2) is 16.1 Å². The van der Waals surface area contributed by atoms with Crippen LogP contribution in [-0.4, -0.2) is 42.6 Å². The van der Waals surface area contributed by atoms with Gasteiger partial charge in [0.2, 0.25) is 5.91 Å². The van der Waals surface area contributed by atoms with Crippen molar-refractivity contribution in [2.45, 2.75) is 24.8 Å². The Morgan fingerprint density at radius 1 is 1.30 bits per heavy atom. The fraction of sp³-hybridized carbons (Fsp3) is 0.267. The van der Waals surface area contributed by atoms with E-state index in [1.807, 2.05) is 0 Å². The number of nitrogens with one attached hydrogen (secondary N) is 1. The summed E-state index contributed by atoms with van der Waals surface area (Å²) in [5.74, 6) is -0.445. The van der Waals surface area contributed by atoms with Crippen molar-refractivity contribution in [2.75, 3.05) is 11.1 Å². The molecule has 0 aliphatic heterocycles. The number of aryl methyl sites for hydroxylation is 1. The van der Waals surface area contributed by atoms with Crippen LogP contribution in [0.15, 0.2) is 35.1 Å². The third kappa shape index (κ3) is 5.26. The van der Waals surface area contributed by atoms with Crippen LogP contribution in [0.4, 0.5) is 18.3 Å². The highest BCUT2D eigenvalue weighted by molar-refractivity contribution is 7.99. The molecule has 3 aromatic rings. The predicted octanol–water partition coefficient (Wildman–Crippen LogP) is 3.40. The Labute approximate surface area is 160 Å². The molecule has 7 nitrogen and oxygen atoms in total. The third-order valence-electron chi connectivity index (χ3n) is 3.19. The quantitative estimate of drug-likeness (QED) is 0.623. The molecule has 0 unspecified atom stereocenters. The first-order valence-electron chi connectivity index (χ1n) is 7.57. The van der Waals surface area contributed by atoms with E-state index in [1.54, 1.807) is 24.4 Å². The molecule has 0 fully saturated rings. The number of carbonyl (C=O) groups is 1. The van der Waals surface area contributed by atoms with E-state index in [2.05, 4.69) is 25.5 Å². The second-order valence-electron chi connectivity index (χ2n) is 5.37. The van der Waals surface area contributed by atoms with Gasteiger partial charge in [-0.05, 0) is 19.1 Å². The number of aromatic nitrogens is 5. The molecule has 0 saturated carbocycles. The van der Waals surface area contributed by atoms with Crippen LogP contribution in [0.5, 0.6) is 0 Å². The summed E-state index contributed by atoms with van der Waals surface area (Å²) in [4.78, 5) is 20.0. The zero-order valence-corrected chi connectivity index (χ0v) is 15.5. The average molecular weight is 414 g/mol. The summed E-state index contributed by atoms with van der Waals surface area (Å²) in [6.45, 7) is 0.536. The first kappa shape index (κ1) is 19.3. The van der Waals surface area contributed by atoms with Gasteiger partial charge in [-0.3, -0.25) is 14.3 Å². The second kappa shape index (κ2) is 8.05. The Kier molecular flexibility index (Phi) is 5.75. The molecule has 0 aliphatic rings. The number of hydrogen-bond acceptors (Lipinski definition) is 7. The Bertz CT molecular complexity index is 925. The van der Waals surface area contributed by atoms with Crippen LogP contribution in [0.3, 0.4) is 0 Å². The highest BCUT2D eigenvalue weighted by Gasteiger charge is 2.31. The van der Waals surface area contributed by atoms with Crippen molar-refractivity contribution < 1.29 is 18.0 Å². The smallest absolute Gasteiger partial charge is 0.301 e. The van der Waals surface area contributed by atoms with Gasteiger partial charge < -0.3 is 5.32 Å². The van der Waals surface area contributed by atoms with Crippen LogP contribution in [0.2, 0.25) is 0 Å². The zero-order valence-electron chi connectivity index (χ0n) is 13.9. The molecular formula is C15H13F3N6OS2. The number of thiazole rings is 1. The summed E-state index contributed by atoms with van der Waals surface area (Å²) in [7, 11) is 0. The number of thioether (sulfide) groups is 1. The van der Waals surface area contributed by atoms with Crippen molar-refractivity contribution in [1.29, 1.82) is 0 Å². The van der Waals surface area contributed by atoms with Crippen LogP contribution in [-0.2, 0) is 11.3 Å². The highest BCUT2D eigenvalue weighted by Crippen LogP contribution is 2.28. The molecule has 1 amide bonds. The minimum atomic E-state index is -4.46. The monoisotopic (exact) mass is 414 g/mol. The van der Waals surface area contributed by atoms with Gasteiger partial charge in [-0.1, -0.05) is 11.8 Å². The molecule has 0 saturated heterocycles. The number of nitrogens with zero attached hydrogens (tertiary/aromatic N) is 5. The van der Waals surface area contributed by atoms with E-state index in [-0.39, 0.29) is 22.6 Å². The Hall–Kier alpha value is -2.47. The molecule has 1 N–H and O–H groups in total. The van der Waals surface area contributed by atoms with Crippen LogP contribution in [0.25, 0.3) is 11.4 Å². The van der Waals surface area contributed by atoms with Crippen molar-refractivity contribution in [1.82, 2.24) is 24.7 Å². The van der Waals surface area contributed by atoms with Gasteiger partial charge in [0.1, 0.15) is 6.54 Å². The van der Waals surface area contributed by atoms with Gasteiger partial charge in [0, 0.05) is 23.3 Å². The predicted molar refractivity (Wildman–Crippen MR) is 95.5 cm³/mol. The molecule has 0 aromatic carbocycles. The molecule has 3 heterocycles. The van der Waals surface area contributed by atoms with Gasteiger partial charge >= 0.3 is 6.18 Å². The molecule has 3 rings (SSSR count). The normalized spacial score (nSPS) is 11.6. The van der Waals surface area contributed by atoms with E-state index in [0.717, 1.165) is 22.0 Å². The topological polar surface area (TPSA) is 85.6 Å². The maximum atomic E-state index is 13.0. The number of hydrogen-bond donors (Lipinski definition) is 1. The number of amides is 1. The second-order valence-corrected chi connectivity index (χ2v) is 7.17. The van der Waals surface area contributed by atoms with Crippen molar-refractivity contribution in [2.24, 2.45) is 0 Å². The highest BCUT2D eigenvalue weighted by atomic mass is 32.2. The summed E-state index contributed by atoms with van der Waals surface area (Å²) >= 11 is 2.15. The van der Waals surface area contributed by atoms with Gasteiger partial charge in [-0.25, -0.2) is 4.98 Å². The van der Waals surface area contributed by atoms with Crippen molar-refractivity contribution in [3.8, 4) is 11.4 Å². The summed E-state index contributed by atoms with van der Waals surface area (Å²) in [5, 5.41) is 12.5. The van der Waals surface area contributed by atoms with Crippen LogP contribution in [0, 0.1) is 6.92 Å². The van der Waals surface area contributed by atoms with E-state index < -0.39 is 12.7 Å². The van der Waals surface area contributed by atoms with E-state index >= 15 is 0 Å². The van der Waals surface area contributed by atoms with Crippen LogP contribution < -0.4 is 5.32 Å². The molecule has 12 heteroatoms. The lowest BCUT2D eigenvalue weighted by Gasteiger charge is -2.12. The number of carbonyl (C=O) groups excluding carboxylic acids is 1. The maximum Gasteiger partial charge on any atom is 0.406 e. The van der Waals surface area contributed by atoms with Crippen molar-refractivity contribution in [3.63, 3.8) is 0 Å². The molecule has 3 aromatic heterocycles. The Morgan fingerprint density at radius 2 is 2.04 bits per heavy atom. The molecular weight excluding hydrogens is 401 g/mol. The number of anilines is 1. The fourth-order valence-corrected chi connectivity index (χ4v) is 3.57. The van der Waals surface area contributed by atoms with E-state index in [0.29, 0.717) is 10.7 Å². The zero-order chi connectivity index (χ0) is 19.4. The SMILES string of the molecule is Cc1csc(NC(=O)CSc2nnc(-c3ccncc3)n2CC(F)(F)F)n1. The molecule has 0 radical (unpaired) electrons. The Morgan fingerprint density at radius 3 is 2.67 bits per heavy atom. The molecule has 0 atom stereocenters. The van der Waals surface area contributed by atoms with Crippen LogP contribution in [0.1, 0.15) is 5.69 Å². The third-order valence-corrected chi connectivity index (χ3v) is 5.03. The van der Waals surface area contributed by atoms with Gasteiger partial charge in [-0.15, -0.1) is 21.5 Å². The summed E-state index contributed by atoms with van der Waals surface area (Å²) in [6, 6.07) is 3.09. The lowest BCUT2D eigenvalue weighted by Crippen LogP contribution is -2.20. The number of pyridine rings is 1. The van der Waals surface area contributed by atoms with Crippen molar-refractivity contribution >= 4 is 34.1 Å².